The van der Waals surface area contributed by atoms with E-state index >= 15 is 0 Å². The van der Waals surface area contributed by atoms with Gasteiger partial charge in [0.05, 0.1) is 0 Å². The van der Waals surface area contributed by atoms with E-state index in [9.17, 15) is 4.79 Å². The third kappa shape index (κ3) is 4.99. The van der Waals surface area contributed by atoms with Gasteiger partial charge in [-0.05, 0) is 54.8 Å². The summed E-state index contributed by atoms with van der Waals surface area (Å²) in [6.45, 7) is 8.05. The highest BCUT2D eigenvalue weighted by atomic mass is 35.5. The Balaban J connectivity index is 1.67. The van der Waals surface area contributed by atoms with Gasteiger partial charge in [0.2, 0.25) is 0 Å². The van der Waals surface area contributed by atoms with Gasteiger partial charge in [-0.25, -0.2) is 0 Å². The molecule has 0 aromatic heterocycles. The van der Waals surface area contributed by atoms with E-state index in [0.29, 0.717) is 16.5 Å². The molecule has 0 aliphatic carbocycles. The molecule has 0 bridgehead atoms. The zero-order valence-electron chi connectivity index (χ0n) is 17.2. The van der Waals surface area contributed by atoms with Crippen LogP contribution in [0.25, 0.3) is 0 Å². The lowest BCUT2D eigenvalue weighted by atomic mass is 9.78. The van der Waals surface area contributed by atoms with Gasteiger partial charge in [0, 0.05) is 16.1 Å². The van der Waals surface area contributed by atoms with Crippen molar-refractivity contribution < 1.29 is 9.53 Å². The first-order valence-corrected chi connectivity index (χ1v) is 10.0. The van der Waals surface area contributed by atoms with Crippen molar-refractivity contribution in [1.82, 2.24) is 0 Å². The number of aryl methyl sites for hydroxylation is 1. The second-order valence-electron chi connectivity index (χ2n) is 7.72. The van der Waals surface area contributed by atoms with E-state index in [2.05, 4.69) is 43.4 Å². The largest absolute Gasteiger partial charge is 0.481 e. The second-order valence-corrected chi connectivity index (χ2v) is 8.16. The molecule has 1 unspecified atom stereocenters. The quantitative estimate of drug-likeness (QED) is 0.514. The van der Waals surface area contributed by atoms with E-state index in [-0.39, 0.29) is 11.3 Å². The number of nitrogens with one attached hydrogen (secondary N) is 1. The smallest absolute Gasteiger partial charge is 0.265 e. The van der Waals surface area contributed by atoms with Crippen LogP contribution in [0.3, 0.4) is 0 Å². The molecular weight excluding hydrogens is 382 g/mol. The molecule has 1 N–H and O–H groups in total. The van der Waals surface area contributed by atoms with Crippen molar-refractivity contribution in [1.29, 1.82) is 0 Å². The van der Waals surface area contributed by atoms with E-state index in [4.69, 9.17) is 16.3 Å². The van der Waals surface area contributed by atoms with Gasteiger partial charge in [0.25, 0.3) is 5.91 Å². The number of hydrogen-bond donors (Lipinski definition) is 1. The first-order valence-electron chi connectivity index (χ1n) is 9.67. The minimum Gasteiger partial charge on any atom is -0.481 e. The van der Waals surface area contributed by atoms with Crippen molar-refractivity contribution in [2.24, 2.45) is 0 Å². The molecule has 1 amide bonds. The Labute approximate surface area is 177 Å². The summed E-state index contributed by atoms with van der Waals surface area (Å²) in [4.78, 5) is 12.5. The summed E-state index contributed by atoms with van der Waals surface area (Å²) in [7, 11) is 0. The van der Waals surface area contributed by atoms with Crippen molar-refractivity contribution in [3.63, 3.8) is 0 Å². The molecule has 150 valence electrons. The summed E-state index contributed by atoms with van der Waals surface area (Å²) in [5, 5.41) is 3.46. The number of rotatable bonds is 6. The molecule has 0 aliphatic heterocycles. The summed E-state index contributed by atoms with van der Waals surface area (Å²) in [6.07, 6.45) is -0.638. The van der Waals surface area contributed by atoms with Crippen LogP contribution in [-0.4, -0.2) is 12.0 Å². The van der Waals surface area contributed by atoms with Crippen LogP contribution in [0.5, 0.6) is 5.75 Å². The maximum absolute atomic E-state index is 12.5. The first-order chi connectivity index (χ1) is 13.8. The van der Waals surface area contributed by atoms with Gasteiger partial charge in [0.1, 0.15) is 5.75 Å². The molecule has 29 heavy (non-hydrogen) atoms. The van der Waals surface area contributed by atoms with Crippen molar-refractivity contribution in [3.05, 3.63) is 94.5 Å². The number of hydrogen-bond acceptors (Lipinski definition) is 2. The summed E-state index contributed by atoms with van der Waals surface area (Å²) in [5.41, 5.74) is 3.95. The Morgan fingerprint density at radius 2 is 1.59 bits per heavy atom. The Morgan fingerprint density at radius 1 is 0.966 bits per heavy atom. The Morgan fingerprint density at radius 3 is 2.24 bits per heavy atom. The number of amides is 1. The third-order valence-corrected chi connectivity index (χ3v) is 5.45. The first kappa shape index (κ1) is 20.9. The molecule has 0 saturated heterocycles. The van der Waals surface area contributed by atoms with Crippen LogP contribution in [-0.2, 0) is 10.2 Å². The maximum Gasteiger partial charge on any atom is 0.265 e. The van der Waals surface area contributed by atoms with Gasteiger partial charge in [0.15, 0.2) is 6.10 Å². The predicted octanol–water partition coefficient (Wildman–Crippen LogP) is 6.38. The van der Waals surface area contributed by atoms with Gasteiger partial charge in [-0.2, -0.15) is 0 Å². The van der Waals surface area contributed by atoms with Crippen LogP contribution in [0.4, 0.5) is 5.69 Å². The fourth-order valence-electron chi connectivity index (χ4n) is 3.19. The van der Waals surface area contributed by atoms with Gasteiger partial charge in [-0.1, -0.05) is 74.0 Å². The Kier molecular flexibility index (Phi) is 6.29. The van der Waals surface area contributed by atoms with Crippen LogP contribution in [0.1, 0.15) is 37.5 Å². The topological polar surface area (TPSA) is 38.3 Å². The van der Waals surface area contributed by atoms with Crippen LogP contribution >= 0.6 is 11.6 Å². The number of carbonyl (C=O) groups is 1. The molecule has 3 aromatic rings. The van der Waals surface area contributed by atoms with E-state index in [0.717, 1.165) is 5.56 Å². The van der Waals surface area contributed by atoms with Gasteiger partial charge in [-0.3, -0.25) is 4.79 Å². The fraction of sp³-hybridized carbons (Fsp3) is 0.240. The zero-order chi connectivity index (χ0) is 21.0. The highest BCUT2D eigenvalue weighted by molar-refractivity contribution is 6.31. The lowest BCUT2D eigenvalue weighted by Gasteiger charge is -2.26. The molecule has 0 spiro atoms. The number of ether oxygens (including phenoxy) is 1. The van der Waals surface area contributed by atoms with Gasteiger partial charge >= 0.3 is 0 Å². The van der Waals surface area contributed by atoms with Crippen LogP contribution in [0.2, 0.25) is 5.02 Å². The normalized spacial score (nSPS) is 12.3. The minimum atomic E-state index is -0.638. The monoisotopic (exact) mass is 407 g/mol. The summed E-state index contributed by atoms with van der Waals surface area (Å²) >= 11 is 6.02. The fourth-order valence-corrected chi connectivity index (χ4v) is 3.36. The van der Waals surface area contributed by atoms with Gasteiger partial charge in [-0.15, -0.1) is 0 Å². The zero-order valence-corrected chi connectivity index (χ0v) is 18.0. The van der Waals surface area contributed by atoms with E-state index in [1.54, 1.807) is 19.1 Å². The molecule has 3 rings (SSSR count). The average molecular weight is 408 g/mol. The summed E-state index contributed by atoms with van der Waals surface area (Å²) < 4.78 is 5.85. The van der Waals surface area contributed by atoms with E-state index in [1.165, 1.54) is 11.1 Å². The maximum atomic E-state index is 12.5. The molecule has 3 aromatic carbocycles. The van der Waals surface area contributed by atoms with Crippen molar-refractivity contribution >= 4 is 23.2 Å². The molecule has 4 heteroatoms. The minimum absolute atomic E-state index is 0.118. The molecule has 0 saturated carbocycles. The van der Waals surface area contributed by atoms with E-state index < -0.39 is 6.10 Å². The van der Waals surface area contributed by atoms with Crippen LogP contribution < -0.4 is 10.1 Å². The van der Waals surface area contributed by atoms with Crippen molar-refractivity contribution in [2.75, 3.05) is 5.32 Å². The Bertz CT molecular complexity index is 981. The molecule has 0 radical (unpaired) electrons. The molecule has 0 fully saturated rings. The number of halogens is 1. The number of carbonyl (C=O) groups excluding carboxylic acids is 1. The third-order valence-electron chi connectivity index (χ3n) is 5.21. The van der Waals surface area contributed by atoms with Crippen molar-refractivity contribution in [2.45, 2.75) is 39.2 Å². The summed E-state index contributed by atoms with van der Waals surface area (Å²) in [6, 6.07) is 23.7. The number of anilines is 1. The summed E-state index contributed by atoms with van der Waals surface area (Å²) in [5.74, 6) is 0.437. The number of benzene rings is 3. The molecule has 0 heterocycles. The SMILES string of the molecule is Cc1ccc(Cl)cc1NC(=O)C(C)Oc1ccc(C(C)(C)c2ccccc2)cc1. The van der Waals surface area contributed by atoms with Crippen molar-refractivity contribution in [3.8, 4) is 5.75 Å². The molecule has 0 aliphatic rings. The lowest BCUT2D eigenvalue weighted by Crippen LogP contribution is -2.30. The molecular formula is C25H26ClNO2. The van der Waals surface area contributed by atoms with E-state index in [1.807, 2.05) is 43.3 Å². The Hall–Kier alpha value is -2.78. The highest BCUT2D eigenvalue weighted by Gasteiger charge is 2.23. The molecule has 3 nitrogen and oxygen atoms in total. The highest BCUT2D eigenvalue weighted by Crippen LogP contribution is 2.32. The van der Waals surface area contributed by atoms with Crippen LogP contribution in [0, 0.1) is 6.92 Å². The van der Waals surface area contributed by atoms with Gasteiger partial charge < -0.3 is 10.1 Å². The predicted molar refractivity (Wildman–Crippen MR) is 120 cm³/mol. The average Bonchev–Trinajstić information content (AvgIpc) is 2.71. The van der Waals surface area contributed by atoms with Crippen LogP contribution in [0.15, 0.2) is 72.8 Å². The standard InChI is InChI=1S/C25H26ClNO2/c1-17-10-13-21(26)16-23(17)27-24(28)18(2)29-22-14-11-20(12-15-22)25(3,4)19-8-6-5-7-9-19/h5-16,18H,1-4H3,(H,27,28). The second kappa shape index (κ2) is 8.71. The lowest BCUT2D eigenvalue weighted by molar-refractivity contribution is -0.122. The molecule has 1 atom stereocenters.